The van der Waals surface area contributed by atoms with E-state index in [2.05, 4.69) is 17.3 Å². The number of nitrogens with zero attached hydrogens (tertiary/aromatic N) is 2. The highest BCUT2D eigenvalue weighted by Crippen LogP contribution is 2.35. The van der Waals surface area contributed by atoms with Crippen LogP contribution in [0.15, 0.2) is 24.4 Å². The second-order valence-electron chi connectivity index (χ2n) is 7.15. The minimum atomic E-state index is -0.291. The van der Waals surface area contributed by atoms with E-state index in [0.717, 1.165) is 29.8 Å². The van der Waals surface area contributed by atoms with Crippen molar-refractivity contribution in [3.63, 3.8) is 0 Å². The SMILES string of the molecule is CCCCNC(=O)c1cc(-n2ccc(C)n2)cc(C(C)(C)C)c1O. The molecular weight excluding hydrogens is 302 g/mol. The van der Waals surface area contributed by atoms with Crippen molar-refractivity contribution in [2.75, 3.05) is 6.54 Å². The van der Waals surface area contributed by atoms with Gasteiger partial charge < -0.3 is 10.4 Å². The summed E-state index contributed by atoms with van der Waals surface area (Å²) in [5.74, 6) is -0.207. The number of aromatic nitrogens is 2. The molecule has 2 rings (SSSR count). The largest absolute Gasteiger partial charge is 0.507 e. The Labute approximate surface area is 143 Å². The minimum absolute atomic E-state index is 0.0455. The number of carbonyl (C=O) groups excluding carboxylic acids is 1. The standard InChI is InChI=1S/C19H27N3O2/c1-6-7-9-20-18(24)15-11-14(22-10-8-13(2)21-22)12-16(17(15)23)19(3,4)5/h8,10-12,23H,6-7,9H2,1-5H3,(H,20,24). The summed E-state index contributed by atoms with van der Waals surface area (Å²) in [7, 11) is 0. The highest BCUT2D eigenvalue weighted by molar-refractivity contribution is 5.98. The van der Waals surface area contributed by atoms with Crippen molar-refractivity contribution in [1.82, 2.24) is 15.1 Å². The Morgan fingerprint density at radius 3 is 2.58 bits per heavy atom. The quantitative estimate of drug-likeness (QED) is 0.822. The highest BCUT2D eigenvalue weighted by atomic mass is 16.3. The molecule has 0 saturated heterocycles. The van der Waals surface area contributed by atoms with Crippen LogP contribution in [0.5, 0.6) is 5.75 Å². The van der Waals surface area contributed by atoms with Crippen molar-refractivity contribution in [1.29, 1.82) is 0 Å². The summed E-state index contributed by atoms with van der Waals surface area (Å²) in [4.78, 5) is 12.5. The van der Waals surface area contributed by atoms with Crippen LogP contribution in [0.3, 0.4) is 0 Å². The maximum absolute atomic E-state index is 12.5. The molecule has 0 radical (unpaired) electrons. The van der Waals surface area contributed by atoms with E-state index in [4.69, 9.17) is 0 Å². The van der Waals surface area contributed by atoms with Crippen molar-refractivity contribution >= 4 is 5.91 Å². The van der Waals surface area contributed by atoms with Gasteiger partial charge in [-0.3, -0.25) is 4.79 Å². The van der Waals surface area contributed by atoms with Gasteiger partial charge in [-0.2, -0.15) is 5.10 Å². The van der Waals surface area contributed by atoms with E-state index in [9.17, 15) is 9.90 Å². The fourth-order valence-electron chi connectivity index (χ4n) is 2.53. The Hall–Kier alpha value is -2.30. The van der Waals surface area contributed by atoms with Crippen LogP contribution >= 0.6 is 0 Å². The molecule has 0 aliphatic heterocycles. The fourth-order valence-corrected chi connectivity index (χ4v) is 2.53. The third-order valence-electron chi connectivity index (χ3n) is 3.95. The van der Waals surface area contributed by atoms with Crippen molar-refractivity contribution in [2.45, 2.75) is 52.9 Å². The Morgan fingerprint density at radius 2 is 2.04 bits per heavy atom. The third-order valence-corrected chi connectivity index (χ3v) is 3.95. The molecule has 0 aliphatic carbocycles. The molecule has 1 amide bonds. The molecule has 0 unspecified atom stereocenters. The second-order valence-corrected chi connectivity index (χ2v) is 7.15. The normalized spacial score (nSPS) is 11.5. The minimum Gasteiger partial charge on any atom is -0.507 e. The number of phenolic OH excluding ortho intramolecular Hbond substituents is 1. The number of amides is 1. The van der Waals surface area contributed by atoms with E-state index >= 15 is 0 Å². The Kier molecular flexibility index (Phi) is 5.32. The number of nitrogens with one attached hydrogen (secondary N) is 1. The average molecular weight is 329 g/mol. The van der Waals surface area contributed by atoms with Crippen molar-refractivity contribution in [3.05, 3.63) is 41.2 Å². The maximum atomic E-state index is 12.5. The molecule has 5 nitrogen and oxygen atoms in total. The van der Waals surface area contributed by atoms with Gasteiger partial charge in [0.1, 0.15) is 5.75 Å². The van der Waals surface area contributed by atoms with Crippen molar-refractivity contribution in [3.8, 4) is 11.4 Å². The summed E-state index contributed by atoms with van der Waals surface area (Å²) in [5.41, 5.74) is 2.40. The van der Waals surface area contributed by atoms with Gasteiger partial charge in [-0.25, -0.2) is 4.68 Å². The van der Waals surface area contributed by atoms with Crippen LogP contribution in [-0.2, 0) is 5.41 Å². The maximum Gasteiger partial charge on any atom is 0.255 e. The number of aromatic hydroxyl groups is 1. The van der Waals surface area contributed by atoms with E-state index in [1.165, 1.54) is 0 Å². The number of unbranched alkanes of at least 4 members (excludes halogenated alkanes) is 1. The lowest BCUT2D eigenvalue weighted by Gasteiger charge is -2.23. The van der Waals surface area contributed by atoms with Gasteiger partial charge in [0.05, 0.1) is 16.9 Å². The molecule has 1 aromatic carbocycles. The number of rotatable bonds is 5. The average Bonchev–Trinajstić information content (AvgIpc) is 2.93. The summed E-state index contributed by atoms with van der Waals surface area (Å²) in [6, 6.07) is 5.49. The lowest BCUT2D eigenvalue weighted by molar-refractivity contribution is 0.0950. The zero-order chi connectivity index (χ0) is 17.9. The van der Waals surface area contributed by atoms with Gasteiger partial charge in [0.25, 0.3) is 5.91 Å². The van der Waals surface area contributed by atoms with E-state index in [0.29, 0.717) is 12.1 Å². The monoisotopic (exact) mass is 329 g/mol. The first-order valence-corrected chi connectivity index (χ1v) is 8.42. The molecule has 1 aromatic heterocycles. The van der Waals surface area contributed by atoms with Crippen LogP contribution in [0, 0.1) is 6.92 Å². The zero-order valence-corrected chi connectivity index (χ0v) is 15.2. The van der Waals surface area contributed by atoms with Gasteiger partial charge in [0.15, 0.2) is 0 Å². The van der Waals surface area contributed by atoms with Crippen LogP contribution in [0.2, 0.25) is 0 Å². The predicted octanol–water partition coefficient (Wildman–Crippen LogP) is 3.71. The molecule has 24 heavy (non-hydrogen) atoms. The third kappa shape index (κ3) is 3.96. The fraction of sp³-hybridized carbons (Fsp3) is 0.474. The molecule has 2 aromatic rings. The summed E-state index contributed by atoms with van der Waals surface area (Å²) in [6.45, 7) is 10.6. The summed E-state index contributed by atoms with van der Waals surface area (Å²) in [6.07, 6.45) is 3.77. The molecule has 130 valence electrons. The molecule has 2 N–H and O–H groups in total. The lowest BCUT2D eigenvalue weighted by atomic mass is 9.84. The van der Waals surface area contributed by atoms with Crippen LogP contribution in [-0.4, -0.2) is 27.3 Å². The molecule has 0 bridgehead atoms. The van der Waals surface area contributed by atoms with Gasteiger partial charge in [-0.05, 0) is 37.0 Å². The van der Waals surface area contributed by atoms with Gasteiger partial charge >= 0.3 is 0 Å². The van der Waals surface area contributed by atoms with Crippen LogP contribution in [0.4, 0.5) is 0 Å². The number of benzene rings is 1. The first-order valence-electron chi connectivity index (χ1n) is 8.42. The second kappa shape index (κ2) is 7.07. The number of carbonyl (C=O) groups is 1. The van der Waals surface area contributed by atoms with Gasteiger partial charge in [-0.1, -0.05) is 34.1 Å². The number of hydrogen-bond donors (Lipinski definition) is 2. The molecule has 0 fully saturated rings. The van der Waals surface area contributed by atoms with Gasteiger partial charge in [0, 0.05) is 18.3 Å². The van der Waals surface area contributed by atoms with E-state index < -0.39 is 0 Å². The van der Waals surface area contributed by atoms with E-state index in [1.807, 2.05) is 46.0 Å². The van der Waals surface area contributed by atoms with E-state index in [-0.39, 0.29) is 17.1 Å². The van der Waals surface area contributed by atoms with Gasteiger partial charge in [-0.15, -0.1) is 0 Å². The molecule has 0 atom stereocenters. The first-order chi connectivity index (χ1) is 11.2. The molecule has 1 heterocycles. The Balaban J connectivity index is 2.50. The van der Waals surface area contributed by atoms with Crippen LogP contribution < -0.4 is 5.32 Å². The molecule has 0 spiro atoms. The highest BCUT2D eigenvalue weighted by Gasteiger charge is 2.24. The summed E-state index contributed by atoms with van der Waals surface area (Å²) in [5, 5.41) is 17.9. The number of aryl methyl sites for hydroxylation is 1. The first kappa shape index (κ1) is 18.0. The molecule has 0 aliphatic rings. The Bertz CT molecular complexity index is 727. The zero-order valence-electron chi connectivity index (χ0n) is 15.2. The molecular formula is C19H27N3O2. The Morgan fingerprint density at radius 1 is 1.33 bits per heavy atom. The lowest BCUT2D eigenvalue weighted by Crippen LogP contribution is -2.25. The van der Waals surface area contributed by atoms with E-state index in [1.54, 1.807) is 10.7 Å². The summed E-state index contributed by atoms with van der Waals surface area (Å²) < 4.78 is 1.73. The van der Waals surface area contributed by atoms with Gasteiger partial charge in [0.2, 0.25) is 0 Å². The van der Waals surface area contributed by atoms with Crippen molar-refractivity contribution in [2.24, 2.45) is 0 Å². The number of hydrogen-bond acceptors (Lipinski definition) is 3. The number of phenols is 1. The van der Waals surface area contributed by atoms with Crippen molar-refractivity contribution < 1.29 is 9.90 Å². The van der Waals surface area contributed by atoms with Crippen LogP contribution in [0.25, 0.3) is 5.69 Å². The molecule has 0 saturated carbocycles. The van der Waals surface area contributed by atoms with Crippen LogP contribution in [0.1, 0.15) is 62.2 Å². The summed E-state index contributed by atoms with van der Waals surface area (Å²) >= 11 is 0. The topological polar surface area (TPSA) is 67.2 Å². The predicted molar refractivity (Wildman–Crippen MR) is 95.9 cm³/mol. The molecule has 5 heteroatoms. The smallest absolute Gasteiger partial charge is 0.255 e.